The zero-order chi connectivity index (χ0) is 16.3. The van der Waals surface area contributed by atoms with Crippen molar-refractivity contribution < 1.29 is 8.42 Å². The number of anilines is 2. The molecule has 0 saturated carbocycles. The number of rotatable bonds is 4. The molecular weight excluding hydrogens is 332 g/mol. The molecule has 0 fully saturated rings. The number of benzene rings is 2. The highest BCUT2D eigenvalue weighted by atomic mass is 35.5. The monoisotopic (exact) mass is 344 g/mol. The summed E-state index contributed by atoms with van der Waals surface area (Å²) in [5.74, 6) is 0. The Kier molecular flexibility index (Phi) is 4.32. The van der Waals surface area contributed by atoms with Crippen LogP contribution >= 0.6 is 11.6 Å². The zero-order valence-corrected chi connectivity index (χ0v) is 13.6. The largest absolute Gasteiger partial charge is 0.270 e. The fourth-order valence-electron chi connectivity index (χ4n) is 2.17. The standard InChI is InChI=1S/C17H13ClN2O2S/c18-17-12-11-16(13-19-17)23(21,22)20(14-7-3-1-4-8-14)15-9-5-2-6-10-15/h1-13H. The minimum absolute atomic E-state index is 0.0783. The summed E-state index contributed by atoms with van der Waals surface area (Å²) in [5.41, 5.74) is 1.10. The number of pyridine rings is 1. The van der Waals surface area contributed by atoms with E-state index in [1.54, 1.807) is 48.5 Å². The van der Waals surface area contributed by atoms with E-state index < -0.39 is 10.0 Å². The lowest BCUT2D eigenvalue weighted by atomic mass is 10.3. The highest BCUT2D eigenvalue weighted by Gasteiger charge is 2.26. The molecule has 23 heavy (non-hydrogen) atoms. The maximum Gasteiger partial charge on any atom is 0.270 e. The first-order valence-electron chi connectivity index (χ1n) is 6.86. The lowest BCUT2D eigenvalue weighted by molar-refractivity contribution is 0.596. The maximum atomic E-state index is 13.1. The molecule has 0 aliphatic rings. The van der Waals surface area contributed by atoms with Gasteiger partial charge in [-0.25, -0.2) is 17.7 Å². The van der Waals surface area contributed by atoms with Crippen LogP contribution in [0, 0.1) is 0 Å². The molecule has 116 valence electrons. The normalized spacial score (nSPS) is 11.2. The van der Waals surface area contributed by atoms with Crippen molar-refractivity contribution in [3.63, 3.8) is 0 Å². The second-order valence-corrected chi connectivity index (χ2v) is 6.93. The van der Waals surface area contributed by atoms with E-state index in [0.717, 1.165) is 0 Å². The van der Waals surface area contributed by atoms with Crippen LogP contribution in [0.15, 0.2) is 83.9 Å². The third kappa shape index (κ3) is 3.21. The molecule has 0 atom stereocenters. The molecule has 0 N–H and O–H groups in total. The van der Waals surface area contributed by atoms with Gasteiger partial charge in [-0.05, 0) is 36.4 Å². The summed E-state index contributed by atoms with van der Waals surface area (Å²) in [5, 5.41) is 0.245. The number of hydrogen-bond donors (Lipinski definition) is 0. The van der Waals surface area contributed by atoms with Crippen molar-refractivity contribution in [3.8, 4) is 0 Å². The van der Waals surface area contributed by atoms with Crippen molar-refractivity contribution in [3.05, 3.63) is 84.1 Å². The Bertz CT molecular complexity index is 843. The van der Waals surface area contributed by atoms with Gasteiger partial charge in [0.2, 0.25) is 0 Å². The highest BCUT2D eigenvalue weighted by Crippen LogP contribution is 2.31. The van der Waals surface area contributed by atoms with Gasteiger partial charge < -0.3 is 0 Å². The molecule has 0 saturated heterocycles. The van der Waals surface area contributed by atoms with Gasteiger partial charge in [-0.1, -0.05) is 48.0 Å². The molecule has 0 spiro atoms. The van der Waals surface area contributed by atoms with Crippen LogP contribution in [0.1, 0.15) is 0 Å². The van der Waals surface area contributed by atoms with Gasteiger partial charge in [0, 0.05) is 6.20 Å². The Labute approximate surface area is 140 Å². The fraction of sp³-hybridized carbons (Fsp3) is 0. The molecule has 4 nitrogen and oxygen atoms in total. The van der Waals surface area contributed by atoms with Crippen LogP contribution in [0.2, 0.25) is 5.15 Å². The molecule has 1 aromatic heterocycles. The van der Waals surface area contributed by atoms with Crippen molar-refractivity contribution in [2.75, 3.05) is 4.31 Å². The third-order valence-electron chi connectivity index (χ3n) is 3.22. The second-order valence-electron chi connectivity index (χ2n) is 4.76. The summed E-state index contributed by atoms with van der Waals surface area (Å²) in [6, 6.07) is 20.7. The smallest absolute Gasteiger partial charge is 0.243 e. The van der Waals surface area contributed by atoms with E-state index in [9.17, 15) is 8.42 Å². The van der Waals surface area contributed by atoms with Gasteiger partial charge in [0.25, 0.3) is 10.0 Å². The molecule has 0 aliphatic carbocycles. The SMILES string of the molecule is O=S(=O)(c1ccc(Cl)nc1)N(c1ccccc1)c1ccccc1. The Balaban J connectivity index is 2.17. The van der Waals surface area contributed by atoms with Gasteiger partial charge in [0.15, 0.2) is 0 Å². The number of halogens is 1. The molecule has 0 radical (unpaired) electrons. The molecule has 0 aliphatic heterocycles. The van der Waals surface area contributed by atoms with Gasteiger partial charge in [0.05, 0.1) is 11.4 Å². The summed E-state index contributed by atoms with van der Waals surface area (Å²) in [4.78, 5) is 3.95. The number of sulfonamides is 1. The highest BCUT2D eigenvalue weighted by molar-refractivity contribution is 7.93. The number of aromatic nitrogens is 1. The minimum atomic E-state index is -3.81. The van der Waals surface area contributed by atoms with E-state index in [1.807, 2.05) is 12.1 Å². The van der Waals surface area contributed by atoms with Crippen molar-refractivity contribution in [2.45, 2.75) is 4.90 Å². The van der Waals surface area contributed by atoms with E-state index in [1.165, 1.54) is 22.6 Å². The van der Waals surface area contributed by atoms with Gasteiger partial charge in [-0.2, -0.15) is 0 Å². The quantitative estimate of drug-likeness (QED) is 0.664. The average Bonchev–Trinajstić information content (AvgIpc) is 2.57. The van der Waals surface area contributed by atoms with E-state index in [4.69, 9.17) is 11.6 Å². The summed E-state index contributed by atoms with van der Waals surface area (Å²) in [6.07, 6.45) is 1.26. The Hall–Kier alpha value is -2.37. The van der Waals surface area contributed by atoms with Crippen LogP contribution in [0.3, 0.4) is 0 Å². The van der Waals surface area contributed by atoms with Gasteiger partial charge in [0.1, 0.15) is 10.0 Å². The van der Waals surface area contributed by atoms with Crippen molar-refractivity contribution >= 4 is 33.0 Å². The van der Waals surface area contributed by atoms with Crippen LogP contribution in [-0.4, -0.2) is 13.4 Å². The van der Waals surface area contributed by atoms with E-state index in [-0.39, 0.29) is 10.0 Å². The Morgan fingerprint density at radius 3 is 1.74 bits per heavy atom. The van der Waals surface area contributed by atoms with Crippen LogP contribution in [-0.2, 0) is 10.0 Å². The van der Waals surface area contributed by atoms with Gasteiger partial charge in [-0.15, -0.1) is 0 Å². The predicted molar refractivity (Wildman–Crippen MR) is 91.5 cm³/mol. The molecule has 0 amide bonds. The summed E-state index contributed by atoms with van der Waals surface area (Å²) >= 11 is 5.76. The summed E-state index contributed by atoms with van der Waals surface area (Å²) in [7, 11) is -3.81. The molecule has 6 heteroatoms. The first kappa shape index (κ1) is 15.5. The zero-order valence-electron chi connectivity index (χ0n) is 12.0. The number of nitrogens with zero attached hydrogens (tertiary/aromatic N) is 2. The lowest BCUT2D eigenvalue weighted by Gasteiger charge is -2.24. The first-order chi connectivity index (χ1) is 11.1. The maximum absolute atomic E-state index is 13.1. The average molecular weight is 345 g/mol. The number of hydrogen-bond acceptors (Lipinski definition) is 3. The fourth-order valence-corrected chi connectivity index (χ4v) is 3.72. The van der Waals surface area contributed by atoms with Crippen LogP contribution in [0.25, 0.3) is 0 Å². The minimum Gasteiger partial charge on any atom is -0.243 e. The summed E-state index contributed by atoms with van der Waals surface area (Å²) in [6.45, 7) is 0. The van der Waals surface area contributed by atoms with Crippen molar-refractivity contribution in [1.29, 1.82) is 0 Å². The van der Waals surface area contributed by atoms with Crippen LogP contribution in [0.4, 0.5) is 11.4 Å². The Morgan fingerprint density at radius 2 is 1.30 bits per heavy atom. The predicted octanol–water partition coefficient (Wildman–Crippen LogP) is 4.26. The van der Waals surface area contributed by atoms with E-state index in [2.05, 4.69) is 4.98 Å². The molecule has 0 unspecified atom stereocenters. The summed E-state index contributed by atoms with van der Waals surface area (Å²) < 4.78 is 27.5. The molecule has 3 aromatic rings. The molecule has 0 bridgehead atoms. The van der Waals surface area contributed by atoms with E-state index >= 15 is 0 Å². The van der Waals surface area contributed by atoms with Crippen LogP contribution < -0.4 is 4.31 Å². The lowest BCUT2D eigenvalue weighted by Crippen LogP contribution is -2.26. The van der Waals surface area contributed by atoms with Gasteiger partial charge in [-0.3, -0.25) is 0 Å². The molecular formula is C17H13ClN2O2S. The third-order valence-corrected chi connectivity index (χ3v) is 5.18. The van der Waals surface area contributed by atoms with Gasteiger partial charge >= 0.3 is 0 Å². The molecule has 2 aromatic carbocycles. The molecule has 1 heterocycles. The topological polar surface area (TPSA) is 50.3 Å². The first-order valence-corrected chi connectivity index (χ1v) is 8.68. The number of para-hydroxylation sites is 2. The molecule has 3 rings (SSSR count). The van der Waals surface area contributed by atoms with Crippen LogP contribution in [0.5, 0.6) is 0 Å². The van der Waals surface area contributed by atoms with Crippen molar-refractivity contribution in [1.82, 2.24) is 4.98 Å². The van der Waals surface area contributed by atoms with E-state index in [0.29, 0.717) is 11.4 Å². The van der Waals surface area contributed by atoms with Crippen molar-refractivity contribution in [2.24, 2.45) is 0 Å². The Morgan fingerprint density at radius 1 is 0.783 bits per heavy atom. The second kappa shape index (κ2) is 6.40.